The molecular weight excluding hydrogens is 421 g/mol. The molecule has 2 amide bonds. The van der Waals surface area contributed by atoms with E-state index in [2.05, 4.69) is 15.6 Å². The van der Waals surface area contributed by atoms with Crippen molar-refractivity contribution in [2.45, 2.75) is 44.8 Å². The number of rotatable bonds is 4. The molecule has 0 aliphatic carbocycles. The average Bonchev–Trinajstić information content (AvgIpc) is 2.78. The van der Waals surface area contributed by atoms with E-state index in [1.54, 1.807) is 4.90 Å². The number of carbonyl (C=O) groups excluding carboxylic acids is 2. The molecule has 2 atom stereocenters. The molecule has 170 valence electrons. The zero-order valence-corrected chi connectivity index (χ0v) is 17.7. The molecule has 2 aliphatic rings. The zero-order chi connectivity index (χ0) is 22.9. The van der Waals surface area contributed by atoms with Gasteiger partial charge in [-0.3, -0.25) is 9.59 Å². The minimum absolute atomic E-state index is 0.00459. The molecule has 6 nitrogen and oxygen atoms in total. The third kappa shape index (κ3) is 4.71. The van der Waals surface area contributed by atoms with Gasteiger partial charge >= 0.3 is 6.18 Å². The van der Waals surface area contributed by atoms with Crippen molar-refractivity contribution < 1.29 is 22.8 Å². The van der Waals surface area contributed by atoms with Crippen LogP contribution in [0.25, 0.3) is 0 Å². The molecule has 0 radical (unpaired) electrons. The number of nitrogens with one attached hydrogen (secondary N) is 2. The highest BCUT2D eigenvalue weighted by molar-refractivity contribution is 5.93. The molecule has 1 aromatic heterocycles. The molecule has 0 bridgehead atoms. The molecule has 32 heavy (non-hydrogen) atoms. The summed E-state index contributed by atoms with van der Waals surface area (Å²) in [5.41, 5.74) is 1.96. The van der Waals surface area contributed by atoms with Gasteiger partial charge in [0.05, 0.1) is 17.5 Å². The van der Waals surface area contributed by atoms with Gasteiger partial charge in [0.2, 0.25) is 11.8 Å². The maximum Gasteiger partial charge on any atom is 0.419 e. The smallest absolute Gasteiger partial charge is 0.355 e. The van der Waals surface area contributed by atoms with Gasteiger partial charge in [0.25, 0.3) is 0 Å². The van der Waals surface area contributed by atoms with Crippen LogP contribution in [-0.4, -0.2) is 29.9 Å². The number of fused-ring (bicyclic) bond motifs is 1. The lowest BCUT2D eigenvalue weighted by molar-refractivity contribution is -0.137. The number of piperidine rings is 1. The molecule has 9 heteroatoms. The quantitative estimate of drug-likeness (QED) is 0.742. The summed E-state index contributed by atoms with van der Waals surface area (Å²) in [7, 11) is 0. The lowest BCUT2D eigenvalue weighted by atomic mass is 9.95. The molecule has 1 fully saturated rings. The van der Waals surface area contributed by atoms with Crippen molar-refractivity contribution in [3.05, 3.63) is 53.2 Å². The third-order valence-corrected chi connectivity index (χ3v) is 6.07. The molecule has 2 unspecified atom stereocenters. The lowest BCUT2D eigenvalue weighted by Crippen LogP contribution is -2.44. The van der Waals surface area contributed by atoms with E-state index < -0.39 is 17.7 Å². The molecule has 1 aromatic carbocycles. The minimum atomic E-state index is -4.50. The largest absolute Gasteiger partial charge is 0.419 e. The highest BCUT2D eigenvalue weighted by Gasteiger charge is 2.37. The Labute approximate surface area is 184 Å². The van der Waals surface area contributed by atoms with Crippen LogP contribution in [0.3, 0.4) is 0 Å². The fourth-order valence-electron chi connectivity index (χ4n) is 4.34. The Hall–Kier alpha value is -3.10. The molecule has 1 saturated heterocycles. The van der Waals surface area contributed by atoms with Crippen molar-refractivity contribution in [2.24, 2.45) is 5.92 Å². The fraction of sp³-hybridized carbons (Fsp3) is 0.435. The van der Waals surface area contributed by atoms with Crippen molar-refractivity contribution in [1.29, 1.82) is 0 Å². The number of aryl methyl sites for hydroxylation is 1. The summed E-state index contributed by atoms with van der Waals surface area (Å²) in [6.07, 6.45) is -0.853. The highest BCUT2D eigenvalue weighted by atomic mass is 19.4. The fourth-order valence-corrected chi connectivity index (χ4v) is 4.34. The van der Waals surface area contributed by atoms with E-state index >= 15 is 0 Å². The average molecular weight is 446 g/mol. The summed E-state index contributed by atoms with van der Waals surface area (Å²) >= 11 is 0. The lowest BCUT2D eigenvalue weighted by Gasteiger charge is -2.34. The van der Waals surface area contributed by atoms with Crippen molar-refractivity contribution in [3.63, 3.8) is 0 Å². The standard InChI is InChI=1S/C23H25F3N4O2/c1-14(15-6-8-19-16(12-15)7-9-20(31)29-19)28-22(32)17-4-3-11-30(13-17)21-18(23(24,25)26)5-2-10-27-21/h2,5-6,8,10,12,14,17H,3-4,7,9,11,13H2,1H3,(H,28,32)(H,29,31). The normalized spacial score (nSPS) is 19.7. The maximum atomic E-state index is 13.4. The van der Waals surface area contributed by atoms with Crippen LogP contribution in [0.5, 0.6) is 0 Å². The van der Waals surface area contributed by atoms with Gasteiger partial charge in [-0.15, -0.1) is 0 Å². The van der Waals surface area contributed by atoms with E-state index in [0.29, 0.717) is 32.2 Å². The minimum Gasteiger partial charge on any atom is -0.355 e. The first-order chi connectivity index (χ1) is 15.2. The van der Waals surface area contributed by atoms with Crippen molar-refractivity contribution >= 4 is 23.3 Å². The highest BCUT2D eigenvalue weighted by Crippen LogP contribution is 2.36. The van der Waals surface area contributed by atoms with Crippen LogP contribution in [0.1, 0.15) is 48.9 Å². The van der Waals surface area contributed by atoms with Crippen LogP contribution in [0.4, 0.5) is 24.7 Å². The Kier molecular flexibility index (Phi) is 6.08. The van der Waals surface area contributed by atoms with E-state index in [0.717, 1.165) is 22.9 Å². The van der Waals surface area contributed by atoms with Crippen LogP contribution in [-0.2, 0) is 22.2 Å². The van der Waals surface area contributed by atoms with Crippen LogP contribution >= 0.6 is 0 Å². The van der Waals surface area contributed by atoms with E-state index in [4.69, 9.17) is 0 Å². The maximum absolute atomic E-state index is 13.4. The number of hydrogen-bond donors (Lipinski definition) is 2. The van der Waals surface area contributed by atoms with Crippen molar-refractivity contribution in [2.75, 3.05) is 23.3 Å². The molecule has 2 aliphatic heterocycles. The molecule has 2 aromatic rings. The molecule has 0 saturated carbocycles. The number of nitrogens with zero attached hydrogens (tertiary/aromatic N) is 2. The number of pyridine rings is 1. The van der Waals surface area contributed by atoms with E-state index in [-0.39, 0.29) is 30.2 Å². The third-order valence-electron chi connectivity index (χ3n) is 6.07. The topological polar surface area (TPSA) is 74.3 Å². The van der Waals surface area contributed by atoms with Gasteiger partial charge in [-0.25, -0.2) is 4.98 Å². The Bertz CT molecular complexity index is 1020. The summed E-state index contributed by atoms with van der Waals surface area (Å²) in [5.74, 6) is -0.735. The second-order valence-corrected chi connectivity index (χ2v) is 8.35. The van der Waals surface area contributed by atoms with Gasteiger partial charge in [0.1, 0.15) is 5.82 Å². The van der Waals surface area contributed by atoms with E-state index in [1.807, 2.05) is 25.1 Å². The Morgan fingerprint density at radius 3 is 2.88 bits per heavy atom. The second-order valence-electron chi connectivity index (χ2n) is 8.35. The Balaban J connectivity index is 1.44. The second kappa shape index (κ2) is 8.80. The van der Waals surface area contributed by atoms with Gasteiger partial charge in [0.15, 0.2) is 0 Å². The first-order valence-corrected chi connectivity index (χ1v) is 10.7. The molecule has 0 spiro atoms. The number of carbonyl (C=O) groups is 2. The number of anilines is 2. The number of aromatic nitrogens is 1. The summed E-state index contributed by atoms with van der Waals surface area (Å²) in [4.78, 5) is 30.0. The first-order valence-electron chi connectivity index (χ1n) is 10.7. The number of alkyl halides is 3. The SMILES string of the molecule is CC(NC(=O)C1CCCN(c2ncccc2C(F)(F)F)C1)c1ccc2c(c1)CCC(=O)N2. The predicted molar refractivity (Wildman–Crippen MR) is 114 cm³/mol. The number of amides is 2. The van der Waals surface area contributed by atoms with E-state index in [9.17, 15) is 22.8 Å². The number of benzene rings is 1. The van der Waals surface area contributed by atoms with Crippen LogP contribution in [0.2, 0.25) is 0 Å². The molecule has 4 rings (SSSR count). The van der Waals surface area contributed by atoms with Crippen LogP contribution in [0.15, 0.2) is 36.5 Å². The van der Waals surface area contributed by atoms with Crippen molar-refractivity contribution in [3.8, 4) is 0 Å². The van der Waals surface area contributed by atoms with Crippen LogP contribution in [0, 0.1) is 5.92 Å². The van der Waals surface area contributed by atoms with Crippen LogP contribution < -0.4 is 15.5 Å². The van der Waals surface area contributed by atoms with Gasteiger partial charge in [-0.05, 0) is 55.5 Å². The van der Waals surface area contributed by atoms with Crippen molar-refractivity contribution in [1.82, 2.24) is 10.3 Å². The Morgan fingerprint density at radius 2 is 2.09 bits per heavy atom. The summed E-state index contributed by atoms with van der Waals surface area (Å²) < 4.78 is 40.2. The molecular formula is C23H25F3N4O2. The number of hydrogen-bond acceptors (Lipinski definition) is 4. The summed E-state index contributed by atoms with van der Waals surface area (Å²) in [5, 5.41) is 5.84. The van der Waals surface area contributed by atoms with Gasteiger partial charge in [-0.2, -0.15) is 13.2 Å². The monoisotopic (exact) mass is 446 g/mol. The van der Waals surface area contributed by atoms with E-state index in [1.165, 1.54) is 12.3 Å². The summed E-state index contributed by atoms with van der Waals surface area (Å²) in [6, 6.07) is 7.72. The van der Waals surface area contributed by atoms with Gasteiger partial charge < -0.3 is 15.5 Å². The molecule has 2 N–H and O–H groups in total. The predicted octanol–water partition coefficient (Wildman–Crippen LogP) is 4.08. The first kappa shape index (κ1) is 22.1. The summed E-state index contributed by atoms with van der Waals surface area (Å²) in [6.45, 7) is 2.49. The zero-order valence-electron chi connectivity index (χ0n) is 17.7. The van der Waals surface area contributed by atoms with Gasteiger partial charge in [-0.1, -0.05) is 12.1 Å². The van der Waals surface area contributed by atoms with Gasteiger partial charge in [0, 0.05) is 31.4 Å². The number of halogens is 3. The molecule has 3 heterocycles. The Morgan fingerprint density at radius 1 is 1.28 bits per heavy atom.